The summed E-state index contributed by atoms with van der Waals surface area (Å²) in [5.74, 6) is 1.85. The monoisotopic (exact) mass is 664 g/mol. The SMILES string of the molecule is C=C1c2ccccc2-c2c1cccc2-c1nc(-c2ccccc2)nc(-c2cccc(-n3c4ccccc4c4cc5c(cc43)oc3ccccc35)c2)n1. The summed E-state index contributed by atoms with van der Waals surface area (Å²) in [7, 11) is 0. The van der Waals surface area contributed by atoms with Gasteiger partial charge in [-0.05, 0) is 52.6 Å². The molecule has 3 aromatic heterocycles. The Hall–Kier alpha value is -7.11. The summed E-state index contributed by atoms with van der Waals surface area (Å²) in [5.41, 5.74) is 13.2. The minimum absolute atomic E-state index is 0.605. The van der Waals surface area contributed by atoms with Crippen molar-refractivity contribution in [2.24, 2.45) is 0 Å². The summed E-state index contributed by atoms with van der Waals surface area (Å²) in [5, 5.41) is 4.59. The normalized spacial score (nSPS) is 12.3. The number of nitrogens with zero attached hydrogens (tertiary/aromatic N) is 4. The van der Waals surface area contributed by atoms with Gasteiger partial charge in [-0.1, -0.05) is 128 Å². The molecule has 0 amide bonds. The summed E-state index contributed by atoms with van der Waals surface area (Å²) in [4.78, 5) is 15.4. The molecule has 11 rings (SSSR count). The summed E-state index contributed by atoms with van der Waals surface area (Å²) in [6.45, 7) is 4.45. The van der Waals surface area contributed by atoms with E-state index in [2.05, 4.69) is 126 Å². The molecule has 0 spiro atoms. The number of rotatable bonds is 4. The van der Waals surface area contributed by atoms with Gasteiger partial charge in [0.15, 0.2) is 17.5 Å². The number of para-hydroxylation sites is 2. The lowest BCUT2D eigenvalue weighted by Gasteiger charge is -2.13. The fourth-order valence-corrected chi connectivity index (χ4v) is 7.98. The van der Waals surface area contributed by atoms with Crippen molar-refractivity contribution in [3.05, 3.63) is 175 Å². The van der Waals surface area contributed by atoms with E-state index in [1.54, 1.807) is 0 Å². The zero-order valence-corrected chi connectivity index (χ0v) is 27.9. The van der Waals surface area contributed by atoms with Crippen LogP contribution in [0.5, 0.6) is 0 Å². The fraction of sp³-hybridized carbons (Fsp3) is 0. The number of fused-ring (bicyclic) bond motifs is 9. The number of hydrogen-bond donors (Lipinski definition) is 0. The molecule has 10 aromatic rings. The summed E-state index contributed by atoms with van der Waals surface area (Å²) in [6.07, 6.45) is 0. The van der Waals surface area contributed by atoms with Gasteiger partial charge >= 0.3 is 0 Å². The van der Waals surface area contributed by atoms with Crippen molar-refractivity contribution < 1.29 is 4.42 Å². The minimum Gasteiger partial charge on any atom is -0.456 e. The molecule has 0 radical (unpaired) electrons. The third-order valence-corrected chi connectivity index (χ3v) is 10.4. The largest absolute Gasteiger partial charge is 0.456 e. The number of furan rings is 1. The first-order valence-corrected chi connectivity index (χ1v) is 17.4. The van der Waals surface area contributed by atoms with Crippen LogP contribution in [0.1, 0.15) is 11.1 Å². The molecule has 5 nitrogen and oxygen atoms in total. The van der Waals surface area contributed by atoms with E-state index in [0.29, 0.717) is 17.5 Å². The molecule has 7 aromatic carbocycles. The predicted octanol–water partition coefficient (Wildman–Crippen LogP) is 11.9. The van der Waals surface area contributed by atoms with Gasteiger partial charge in [0.2, 0.25) is 0 Å². The summed E-state index contributed by atoms with van der Waals surface area (Å²) >= 11 is 0. The van der Waals surface area contributed by atoms with Crippen molar-refractivity contribution in [3.8, 4) is 51.0 Å². The molecule has 1 aliphatic rings. The molecule has 0 N–H and O–H groups in total. The molecular weight excluding hydrogens is 637 g/mol. The number of benzene rings is 7. The van der Waals surface area contributed by atoms with Gasteiger partial charge in [-0.2, -0.15) is 0 Å². The molecule has 52 heavy (non-hydrogen) atoms. The summed E-state index contributed by atoms with van der Waals surface area (Å²) < 4.78 is 8.68. The summed E-state index contributed by atoms with van der Waals surface area (Å²) in [6, 6.07) is 54.6. The average molecular weight is 665 g/mol. The topological polar surface area (TPSA) is 56.7 Å². The Balaban J connectivity index is 1.13. The van der Waals surface area contributed by atoms with Crippen LogP contribution in [0.15, 0.2) is 169 Å². The van der Waals surface area contributed by atoms with Gasteiger partial charge in [-0.3, -0.25) is 0 Å². The highest BCUT2D eigenvalue weighted by Crippen LogP contribution is 2.47. The molecule has 0 saturated carbocycles. The Labute approximate surface area is 298 Å². The molecule has 0 unspecified atom stereocenters. The lowest BCUT2D eigenvalue weighted by molar-refractivity contribution is 0.669. The Morgan fingerprint density at radius 1 is 0.423 bits per heavy atom. The van der Waals surface area contributed by atoms with Crippen molar-refractivity contribution in [2.45, 2.75) is 0 Å². The molecule has 0 fully saturated rings. The van der Waals surface area contributed by atoms with Gasteiger partial charge in [-0.25, -0.2) is 15.0 Å². The fourth-order valence-electron chi connectivity index (χ4n) is 7.98. The molecule has 0 aliphatic heterocycles. The lowest BCUT2D eigenvalue weighted by atomic mass is 9.98. The van der Waals surface area contributed by atoms with Crippen LogP contribution in [-0.4, -0.2) is 19.5 Å². The van der Waals surface area contributed by atoms with Crippen LogP contribution in [0.25, 0.3) is 100 Å². The molecule has 3 heterocycles. The van der Waals surface area contributed by atoms with Gasteiger partial charge < -0.3 is 8.98 Å². The van der Waals surface area contributed by atoms with E-state index in [9.17, 15) is 0 Å². The van der Waals surface area contributed by atoms with Crippen LogP contribution in [0.3, 0.4) is 0 Å². The highest BCUT2D eigenvalue weighted by atomic mass is 16.3. The van der Waals surface area contributed by atoms with Crippen molar-refractivity contribution in [1.29, 1.82) is 0 Å². The minimum atomic E-state index is 0.605. The second-order valence-electron chi connectivity index (χ2n) is 13.3. The van der Waals surface area contributed by atoms with Gasteiger partial charge in [0, 0.05) is 55.6 Å². The Morgan fingerprint density at radius 2 is 1.08 bits per heavy atom. The van der Waals surface area contributed by atoms with E-state index < -0.39 is 0 Å². The number of hydrogen-bond acceptors (Lipinski definition) is 4. The molecule has 1 aliphatic carbocycles. The zero-order valence-electron chi connectivity index (χ0n) is 27.9. The molecule has 0 bridgehead atoms. The third-order valence-electron chi connectivity index (χ3n) is 10.4. The standard InChI is InChI=1S/C47H28N4O/c1-28-32-17-5-6-20-36(32)44-33(28)21-12-22-37(44)47-49-45(29-13-3-2-4-14-29)48-46(50-47)30-15-11-16-31(25-30)51-40-23-9-7-18-34(40)38-26-39-35-19-8-10-24-42(35)52-43(39)27-41(38)51/h2-27H,1H2. The van der Waals surface area contributed by atoms with E-state index in [1.807, 2.05) is 42.5 Å². The average Bonchev–Trinajstić information content (AvgIpc) is 3.84. The van der Waals surface area contributed by atoms with E-state index in [-0.39, 0.29) is 0 Å². The Bertz CT molecular complexity index is 3100. The predicted molar refractivity (Wildman–Crippen MR) is 211 cm³/mol. The van der Waals surface area contributed by atoms with Crippen molar-refractivity contribution in [2.75, 3.05) is 0 Å². The van der Waals surface area contributed by atoms with Gasteiger partial charge in [-0.15, -0.1) is 0 Å². The van der Waals surface area contributed by atoms with Crippen LogP contribution in [-0.2, 0) is 0 Å². The molecular formula is C47H28N4O. The lowest BCUT2D eigenvalue weighted by Crippen LogP contribution is -2.02. The van der Waals surface area contributed by atoms with Gasteiger partial charge in [0.1, 0.15) is 11.2 Å². The van der Waals surface area contributed by atoms with Crippen LogP contribution in [0.4, 0.5) is 0 Å². The molecule has 5 heteroatoms. The van der Waals surface area contributed by atoms with E-state index >= 15 is 0 Å². The number of aromatic nitrogens is 4. The Kier molecular flexibility index (Phi) is 6.04. The Morgan fingerprint density at radius 3 is 1.96 bits per heavy atom. The maximum absolute atomic E-state index is 6.37. The quantitative estimate of drug-likeness (QED) is 0.188. The molecule has 242 valence electrons. The molecule has 0 saturated heterocycles. The van der Waals surface area contributed by atoms with Crippen molar-refractivity contribution in [3.63, 3.8) is 0 Å². The van der Waals surface area contributed by atoms with Crippen LogP contribution < -0.4 is 0 Å². The van der Waals surface area contributed by atoms with Crippen LogP contribution >= 0.6 is 0 Å². The first-order valence-electron chi connectivity index (χ1n) is 17.4. The van der Waals surface area contributed by atoms with Gasteiger partial charge in [0.25, 0.3) is 0 Å². The maximum atomic E-state index is 6.37. The van der Waals surface area contributed by atoms with Crippen molar-refractivity contribution >= 4 is 49.3 Å². The van der Waals surface area contributed by atoms with E-state index in [1.165, 1.54) is 10.8 Å². The third kappa shape index (κ3) is 4.20. The first-order chi connectivity index (χ1) is 25.7. The second-order valence-corrected chi connectivity index (χ2v) is 13.3. The smallest absolute Gasteiger partial charge is 0.164 e. The zero-order chi connectivity index (χ0) is 34.3. The van der Waals surface area contributed by atoms with Crippen LogP contribution in [0.2, 0.25) is 0 Å². The first kappa shape index (κ1) is 28.7. The highest BCUT2D eigenvalue weighted by molar-refractivity contribution is 6.17. The molecule has 0 atom stereocenters. The highest BCUT2D eigenvalue weighted by Gasteiger charge is 2.26. The van der Waals surface area contributed by atoms with Gasteiger partial charge in [0.05, 0.1) is 11.0 Å². The van der Waals surface area contributed by atoms with E-state index in [4.69, 9.17) is 19.4 Å². The van der Waals surface area contributed by atoms with Crippen LogP contribution in [0, 0.1) is 0 Å². The second kappa shape index (κ2) is 10.9. The maximum Gasteiger partial charge on any atom is 0.164 e. The van der Waals surface area contributed by atoms with E-state index in [0.717, 1.165) is 83.2 Å². The van der Waals surface area contributed by atoms with Crippen molar-refractivity contribution in [1.82, 2.24) is 19.5 Å².